The van der Waals surface area contributed by atoms with Crippen molar-refractivity contribution in [1.29, 1.82) is 0 Å². The van der Waals surface area contributed by atoms with Crippen LogP contribution in [0.4, 0.5) is 114 Å². The summed E-state index contributed by atoms with van der Waals surface area (Å²) in [5.41, 5.74) is 0. The summed E-state index contributed by atoms with van der Waals surface area (Å²) < 4.78 is 340. The fourth-order valence-corrected chi connectivity index (χ4v) is 1.98. The Balaban J connectivity index is 6.83. The number of carbonyl (C=O) groups excluding carboxylic acids is 2. The first-order chi connectivity index (χ1) is 20.4. The Hall–Kier alpha value is -3.04. The zero-order valence-electron chi connectivity index (χ0n) is 20.1. The molecule has 0 aromatic heterocycles. The van der Waals surface area contributed by atoms with E-state index in [0.717, 1.165) is 0 Å². The lowest BCUT2D eigenvalue weighted by molar-refractivity contribution is -0.542. The summed E-state index contributed by atoms with van der Waals surface area (Å²) in [6.07, 6.45) is -63.0. The van der Waals surface area contributed by atoms with Crippen LogP contribution in [0.25, 0.3) is 0 Å². The zero-order valence-corrected chi connectivity index (χ0v) is 20.1. The van der Waals surface area contributed by atoms with Crippen LogP contribution >= 0.6 is 0 Å². The third-order valence-corrected chi connectivity index (χ3v) is 3.98. The van der Waals surface area contributed by atoms with Gasteiger partial charge < -0.3 is 0 Å². The fourth-order valence-electron chi connectivity index (χ4n) is 1.98. The lowest BCUT2D eigenvalue weighted by Gasteiger charge is -2.37. The van der Waals surface area contributed by atoms with Gasteiger partial charge in [0.2, 0.25) is 0 Å². The van der Waals surface area contributed by atoms with Gasteiger partial charge in [0.1, 0.15) is 0 Å². The molecule has 48 heavy (non-hydrogen) atoms. The molecule has 0 heterocycles. The Kier molecular flexibility index (Phi) is 11.6. The van der Waals surface area contributed by atoms with Crippen molar-refractivity contribution in [3.8, 4) is 0 Å². The van der Waals surface area contributed by atoms with E-state index in [4.69, 9.17) is 0 Å². The average Bonchev–Trinajstić information content (AvgIpc) is 2.76. The van der Waals surface area contributed by atoms with Gasteiger partial charge in [0.05, 0.1) is 0 Å². The first-order valence-corrected chi connectivity index (χ1v) is 9.53. The zero-order chi connectivity index (χ0) is 39.4. The molecule has 0 aliphatic rings. The van der Waals surface area contributed by atoms with E-state index in [1.807, 2.05) is 9.78 Å². The molecule has 286 valence electrons. The average molecular weight is 790 g/mol. The summed E-state index contributed by atoms with van der Waals surface area (Å²) in [4.78, 5) is 26.3. The van der Waals surface area contributed by atoms with Crippen molar-refractivity contribution in [2.75, 3.05) is 0 Å². The number of carbonyl (C=O) groups is 2. The second-order valence-electron chi connectivity index (χ2n) is 7.45. The summed E-state index contributed by atoms with van der Waals surface area (Å²) in [7, 11) is 0. The van der Waals surface area contributed by atoms with E-state index in [1.165, 1.54) is 18.9 Å². The summed E-state index contributed by atoms with van der Waals surface area (Å²) in [5.74, 6) is -41.8. The monoisotopic (exact) mass is 790 g/mol. The van der Waals surface area contributed by atoms with Crippen LogP contribution in [0.1, 0.15) is 0 Å². The van der Waals surface area contributed by atoms with E-state index < -0.39 is 85.0 Å². The third kappa shape index (κ3) is 8.94. The number of rotatable bonds is 10. The Morgan fingerprint density at radius 1 is 0.312 bits per heavy atom. The smallest absolute Gasteiger partial charge is 0.260 e. The van der Waals surface area contributed by atoms with Crippen molar-refractivity contribution in [3.63, 3.8) is 0 Å². The van der Waals surface area contributed by atoms with Crippen LogP contribution in [-0.4, -0.2) is 85.0 Å². The SMILES string of the molecule is O=C(OOC(=O)C(F)(OC(F)(F)C(F)(OC(F)(F)F)C(F)(F)F)C(F)(F)F)C(F)(OC(F)(F)C(F)(OC(F)(F)F)C(F)(F)F)C(F)(F)F. The van der Waals surface area contributed by atoms with E-state index in [-0.39, 0.29) is 0 Å². The number of ether oxygens (including phenoxy) is 4. The molecule has 4 atom stereocenters. The van der Waals surface area contributed by atoms with Gasteiger partial charge in [-0.1, -0.05) is 0 Å². The first-order valence-electron chi connectivity index (χ1n) is 9.53. The third-order valence-electron chi connectivity index (χ3n) is 3.98. The van der Waals surface area contributed by atoms with Crippen molar-refractivity contribution in [3.05, 3.63) is 0 Å². The van der Waals surface area contributed by atoms with Crippen LogP contribution < -0.4 is 0 Å². The number of halogens is 26. The Morgan fingerprint density at radius 2 is 0.521 bits per heavy atom. The molecule has 4 unspecified atom stereocenters. The van der Waals surface area contributed by atoms with Gasteiger partial charge in [-0.2, -0.15) is 87.8 Å². The van der Waals surface area contributed by atoms with Crippen LogP contribution in [0.15, 0.2) is 0 Å². The largest absolute Gasteiger partial charge is 0.525 e. The molecule has 0 N–H and O–H groups in total. The molecule has 0 fully saturated rings. The van der Waals surface area contributed by atoms with Crippen LogP contribution in [0.2, 0.25) is 0 Å². The van der Waals surface area contributed by atoms with E-state index >= 15 is 0 Å². The minimum atomic E-state index is -8.21. The normalized spacial score (nSPS) is 19.8. The topological polar surface area (TPSA) is 89.5 Å². The quantitative estimate of drug-likeness (QED) is 0.131. The lowest BCUT2D eigenvalue weighted by Crippen LogP contribution is -2.66. The highest BCUT2D eigenvalue weighted by Crippen LogP contribution is 2.55. The van der Waals surface area contributed by atoms with E-state index in [9.17, 15) is 124 Å². The molecule has 0 radical (unpaired) electrons. The van der Waals surface area contributed by atoms with Crippen LogP contribution in [0, 0.1) is 0 Å². The predicted molar refractivity (Wildman–Crippen MR) is 78.1 cm³/mol. The van der Waals surface area contributed by atoms with Gasteiger partial charge in [-0.3, -0.25) is 9.47 Å². The maximum atomic E-state index is 14.1. The van der Waals surface area contributed by atoms with Crippen molar-refractivity contribution in [2.45, 2.75) is 73.1 Å². The molecule has 0 amide bonds. The van der Waals surface area contributed by atoms with Gasteiger partial charge >= 0.3 is 85.0 Å². The van der Waals surface area contributed by atoms with Crippen LogP contribution in [-0.2, 0) is 38.3 Å². The second-order valence-corrected chi connectivity index (χ2v) is 7.45. The van der Waals surface area contributed by atoms with Crippen molar-refractivity contribution < 1.29 is 152 Å². The highest BCUT2D eigenvalue weighted by atomic mass is 19.4. The van der Waals surface area contributed by atoms with Crippen molar-refractivity contribution >= 4 is 11.9 Å². The molecule has 0 aromatic carbocycles. The van der Waals surface area contributed by atoms with Gasteiger partial charge in [-0.15, -0.1) is 26.3 Å². The molecule has 0 aliphatic heterocycles. The molecule has 0 aliphatic carbocycles. The molecule has 0 spiro atoms. The molecule has 34 heteroatoms. The summed E-state index contributed by atoms with van der Waals surface area (Å²) in [6.45, 7) is 0. The summed E-state index contributed by atoms with van der Waals surface area (Å²) in [6, 6.07) is 0. The van der Waals surface area contributed by atoms with E-state index in [0.29, 0.717) is 0 Å². The van der Waals surface area contributed by atoms with Gasteiger partial charge in [-0.05, 0) is 0 Å². The van der Waals surface area contributed by atoms with Crippen molar-refractivity contribution in [1.82, 2.24) is 0 Å². The predicted octanol–water partition coefficient (Wildman–Crippen LogP) is 7.19. The van der Waals surface area contributed by atoms with Crippen LogP contribution in [0.5, 0.6) is 0 Å². The van der Waals surface area contributed by atoms with Gasteiger partial charge in [-0.25, -0.2) is 28.8 Å². The Bertz CT molecular complexity index is 1070. The molecule has 8 nitrogen and oxygen atoms in total. The Morgan fingerprint density at radius 3 is 0.667 bits per heavy atom. The second kappa shape index (κ2) is 12.4. The molecule has 0 saturated heterocycles. The minimum Gasteiger partial charge on any atom is -0.260 e. The number of alkyl halides is 26. The van der Waals surface area contributed by atoms with Gasteiger partial charge in [0.25, 0.3) is 0 Å². The Labute approximate surface area is 239 Å². The highest BCUT2D eigenvalue weighted by molar-refractivity contribution is 5.82. The van der Waals surface area contributed by atoms with Gasteiger partial charge in [0.15, 0.2) is 0 Å². The van der Waals surface area contributed by atoms with E-state index in [1.54, 1.807) is 0 Å². The molecule has 0 rings (SSSR count). The highest BCUT2D eigenvalue weighted by Gasteiger charge is 2.84. The number of hydrogen-bond donors (Lipinski definition) is 0. The van der Waals surface area contributed by atoms with Crippen molar-refractivity contribution in [2.24, 2.45) is 0 Å². The maximum absolute atomic E-state index is 14.1. The lowest BCUT2D eigenvalue weighted by atomic mass is 10.2. The summed E-state index contributed by atoms with van der Waals surface area (Å²) in [5, 5.41) is 0. The molecular formula is C14F26O8. The maximum Gasteiger partial charge on any atom is 0.525 e. The summed E-state index contributed by atoms with van der Waals surface area (Å²) >= 11 is 0. The standard InChI is InChI=1S/C14F26O8/c15-3(7(19,20)21,45-11(31,32)5(17,9(25,26)27)47-13(35,36)37)1(41)43-44-2(42)4(16,8(22,23)24)46-12(33,34)6(18,10(28,29)30)48-14(38,39)40. The first kappa shape index (κ1) is 45.0. The van der Waals surface area contributed by atoms with Crippen LogP contribution in [0.3, 0.4) is 0 Å². The number of hydrogen-bond acceptors (Lipinski definition) is 8. The van der Waals surface area contributed by atoms with Gasteiger partial charge in [0, 0.05) is 0 Å². The molecule has 0 saturated carbocycles. The molecule has 0 bridgehead atoms. The molecule has 0 aromatic rings. The molecular weight excluding hydrogens is 790 g/mol. The minimum absolute atomic E-state index is 1.21. The van der Waals surface area contributed by atoms with E-state index in [2.05, 4.69) is 0 Å². The fraction of sp³-hybridized carbons (Fsp3) is 0.857.